The Morgan fingerprint density at radius 2 is 2.15 bits per heavy atom. The summed E-state index contributed by atoms with van der Waals surface area (Å²) in [6, 6.07) is 4.56. The van der Waals surface area contributed by atoms with Crippen molar-refractivity contribution in [3.8, 4) is 0 Å². The molecule has 0 bridgehead atoms. The van der Waals surface area contributed by atoms with Crippen LogP contribution in [0.15, 0.2) is 12.1 Å². The summed E-state index contributed by atoms with van der Waals surface area (Å²) in [4.78, 5) is 9.42. The van der Waals surface area contributed by atoms with Gasteiger partial charge in [0.2, 0.25) is 0 Å². The number of rotatable bonds is 3. The van der Waals surface area contributed by atoms with Crippen molar-refractivity contribution in [3.05, 3.63) is 23.7 Å². The summed E-state index contributed by atoms with van der Waals surface area (Å²) < 4.78 is 2.30. The van der Waals surface area contributed by atoms with Crippen LogP contribution >= 0.6 is 23.4 Å². The Bertz CT molecular complexity index is 623. The van der Waals surface area contributed by atoms with E-state index in [4.69, 9.17) is 21.6 Å². The van der Waals surface area contributed by atoms with E-state index in [1.807, 2.05) is 31.7 Å². The van der Waals surface area contributed by atoms with Gasteiger partial charge in [0.05, 0.1) is 5.38 Å². The average Bonchev–Trinajstić information content (AvgIpc) is 3.01. The third-order valence-corrected chi connectivity index (χ3v) is 5.40. The number of hydrogen-bond donors (Lipinski definition) is 0. The molecule has 0 spiro atoms. The van der Waals surface area contributed by atoms with Crippen LogP contribution in [0.3, 0.4) is 0 Å². The fourth-order valence-electron chi connectivity index (χ4n) is 3.09. The minimum Gasteiger partial charge on any atom is -0.308 e. The highest BCUT2D eigenvalue weighted by Gasteiger charge is 2.29. The van der Waals surface area contributed by atoms with Crippen LogP contribution in [-0.4, -0.2) is 26.0 Å². The van der Waals surface area contributed by atoms with Gasteiger partial charge in [-0.05, 0) is 51.5 Å². The molecule has 1 saturated carbocycles. The molecule has 0 aromatic carbocycles. The van der Waals surface area contributed by atoms with E-state index in [0.29, 0.717) is 6.04 Å². The molecule has 0 N–H and O–H groups in total. The number of thioether (sulfide) groups is 1. The molecule has 0 saturated heterocycles. The van der Waals surface area contributed by atoms with E-state index in [-0.39, 0.29) is 5.38 Å². The Labute approximate surface area is 129 Å². The molecule has 1 aliphatic rings. The monoisotopic (exact) mass is 309 g/mol. The van der Waals surface area contributed by atoms with Gasteiger partial charge in [-0.15, -0.1) is 11.6 Å². The molecule has 3 nitrogen and oxygen atoms in total. The maximum absolute atomic E-state index is 6.35. The first kappa shape index (κ1) is 14.2. The Kier molecular flexibility index (Phi) is 3.95. The lowest BCUT2D eigenvalue weighted by Crippen LogP contribution is -2.11. The van der Waals surface area contributed by atoms with Crippen LogP contribution in [0.4, 0.5) is 0 Å². The SMILES string of the molecule is CSC1CCC(n2c(C(C)Cl)nc3ccc(C)nc32)C1. The van der Waals surface area contributed by atoms with Gasteiger partial charge >= 0.3 is 0 Å². The molecule has 0 radical (unpaired) electrons. The molecule has 0 aliphatic heterocycles. The van der Waals surface area contributed by atoms with E-state index in [1.165, 1.54) is 19.3 Å². The van der Waals surface area contributed by atoms with Crippen molar-refractivity contribution in [2.24, 2.45) is 0 Å². The fourth-order valence-corrected chi connectivity index (χ4v) is 4.03. The molecule has 1 fully saturated rings. The molecule has 108 valence electrons. The summed E-state index contributed by atoms with van der Waals surface area (Å²) in [5, 5.41) is 0.665. The summed E-state index contributed by atoms with van der Waals surface area (Å²) in [7, 11) is 0. The number of nitrogens with zero attached hydrogens (tertiary/aromatic N) is 3. The van der Waals surface area contributed by atoms with Crippen molar-refractivity contribution >= 4 is 34.5 Å². The van der Waals surface area contributed by atoms with E-state index in [9.17, 15) is 0 Å². The van der Waals surface area contributed by atoms with Gasteiger partial charge in [-0.2, -0.15) is 11.8 Å². The summed E-state index contributed by atoms with van der Waals surface area (Å²) in [6.07, 6.45) is 5.86. The van der Waals surface area contributed by atoms with Crippen LogP contribution < -0.4 is 0 Å². The van der Waals surface area contributed by atoms with Crippen LogP contribution in [0.1, 0.15) is 49.1 Å². The number of aromatic nitrogens is 3. The van der Waals surface area contributed by atoms with Gasteiger partial charge in [0.1, 0.15) is 11.3 Å². The molecule has 3 unspecified atom stereocenters. The Morgan fingerprint density at radius 3 is 2.80 bits per heavy atom. The second kappa shape index (κ2) is 5.57. The van der Waals surface area contributed by atoms with E-state index in [1.54, 1.807) is 0 Å². The zero-order valence-corrected chi connectivity index (χ0v) is 13.7. The van der Waals surface area contributed by atoms with Gasteiger partial charge in [-0.1, -0.05) is 0 Å². The zero-order valence-electron chi connectivity index (χ0n) is 12.1. The van der Waals surface area contributed by atoms with Crippen LogP contribution in [0.2, 0.25) is 0 Å². The van der Waals surface area contributed by atoms with E-state index < -0.39 is 0 Å². The van der Waals surface area contributed by atoms with Crippen molar-refractivity contribution in [1.29, 1.82) is 0 Å². The number of imidazole rings is 1. The topological polar surface area (TPSA) is 30.7 Å². The summed E-state index contributed by atoms with van der Waals surface area (Å²) in [5.74, 6) is 0.964. The molecule has 3 rings (SSSR count). The normalized spacial score (nSPS) is 24.4. The second-order valence-electron chi connectivity index (χ2n) is 5.58. The minimum atomic E-state index is -0.0853. The molecular formula is C15H20ClN3S. The van der Waals surface area contributed by atoms with Crippen molar-refractivity contribution in [3.63, 3.8) is 0 Å². The quantitative estimate of drug-likeness (QED) is 0.782. The Morgan fingerprint density at radius 1 is 1.35 bits per heavy atom. The first-order valence-corrected chi connectivity index (χ1v) is 8.85. The highest BCUT2D eigenvalue weighted by molar-refractivity contribution is 7.99. The molecule has 2 aromatic rings. The standard InChI is InChI=1S/C15H20ClN3S/c1-9-4-7-13-15(17-9)19(14(18-13)10(2)16)11-5-6-12(8-11)20-3/h4,7,10-12H,5-6,8H2,1-3H3. The fraction of sp³-hybridized carbons (Fsp3) is 0.600. The van der Waals surface area contributed by atoms with Crippen molar-refractivity contribution in [1.82, 2.24) is 14.5 Å². The zero-order chi connectivity index (χ0) is 14.3. The van der Waals surface area contributed by atoms with Crippen molar-refractivity contribution in [2.45, 2.75) is 49.8 Å². The number of aryl methyl sites for hydroxylation is 1. The number of halogens is 1. The van der Waals surface area contributed by atoms with Gasteiger partial charge in [-0.25, -0.2) is 9.97 Å². The van der Waals surface area contributed by atoms with Crippen molar-refractivity contribution in [2.75, 3.05) is 6.26 Å². The lowest BCUT2D eigenvalue weighted by Gasteiger charge is -2.17. The molecule has 20 heavy (non-hydrogen) atoms. The maximum Gasteiger partial charge on any atom is 0.160 e. The summed E-state index contributed by atoms with van der Waals surface area (Å²) in [5.41, 5.74) is 3.00. The predicted octanol–water partition coefficient (Wildman–Crippen LogP) is 4.50. The summed E-state index contributed by atoms with van der Waals surface area (Å²) >= 11 is 8.32. The molecular weight excluding hydrogens is 290 g/mol. The lowest BCUT2D eigenvalue weighted by atomic mass is 10.2. The van der Waals surface area contributed by atoms with Crippen LogP contribution in [0, 0.1) is 6.92 Å². The largest absolute Gasteiger partial charge is 0.308 e. The molecule has 2 heterocycles. The van der Waals surface area contributed by atoms with Crippen LogP contribution in [0.25, 0.3) is 11.2 Å². The van der Waals surface area contributed by atoms with Crippen LogP contribution in [-0.2, 0) is 0 Å². The number of alkyl halides is 1. The third-order valence-electron chi connectivity index (χ3n) is 4.11. The van der Waals surface area contributed by atoms with Gasteiger partial charge in [0.15, 0.2) is 5.65 Å². The van der Waals surface area contributed by atoms with Gasteiger partial charge < -0.3 is 4.57 Å². The van der Waals surface area contributed by atoms with Crippen LogP contribution in [0.5, 0.6) is 0 Å². The molecule has 3 atom stereocenters. The Balaban J connectivity index is 2.11. The van der Waals surface area contributed by atoms with E-state index >= 15 is 0 Å². The molecule has 5 heteroatoms. The highest BCUT2D eigenvalue weighted by Crippen LogP contribution is 2.39. The van der Waals surface area contributed by atoms with Gasteiger partial charge in [0, 0.05) is 17.0 Å². The maximum atomic E-state index is 6.35. The van der Waals surface area contributed by atoms with E-state index in [0.717, 1.165) is 27.9 Å². The number of fused-ring (bicyclic) bond motifs is 1. The van der Waals surface area contributed by atoms with Gasteiger partial charge in [-0.3, -0.25) is 0 Å². The highest BCUT2D eigenvalue weighted by atomic mass is 35.5. The third kappa shape index (κ3) is 2.44. The first-order chi connectivity index (χ1) is 9.60. The lowest BCUT2D eigenvalue weighted by molar-refractivity contribution is 0.508. The molecule has 0 amide bonds. The molecule has 2 aromatic heterocycles. The molecule has 1 aliphatic carbocycles. The minimum absolute atomic E-state index is 0.0853. The van der Waals surface area contributed by atoms with E-state index in [2.05, 4.69) is 16.9 Å². The smallest absolute Gasteiger partial charge is 0.160 e. The number of hydrogen-bond acceptors (Lipinski definition) is 3. The van der Waals surface area contributed by atoms with Gasteiger partial charge in [0.25, 0.3) is 0 Å². The summed E-state index contributed by atoms with van der Waals surface area (Å²) in [6.45, 7) is 4.02. The van der Waals surface area contributed by atoms with Crippen molar-refractivity contribution < 1.29 is 0 Å². The number of pyridine rings is 1. The Hall–Kier alpha value is -0.740. The predicted molar refractivity (Wildman–Crippen MR) is 86.7 cm³/mol. The average molecular weight is 310 g/mol. The second-order valence-corrected chi connectivity index (χ2v) is 7.37. The first-order valence-electron chi connectivity index (χ1n) is 7.12.